The molecule has 0 atom stereocenters. The monoisotopic (exact) mass is 376 g/mol. The Morgan fingerprint density at radius 2 is 2.00 bits per heavy atom. The predicted molar refractivity (Wildman–Crippen MR) is 113 cm³/mol. The lowest BCUT2D eigenvalue weighted by molar-refractivity contribution is 0.210. The maximum absolute atomic E-state index is 13.0. The number of pyridine rings is 2. The summed E-state index contributed by atoms with van der Waals surface area (Å²) in [7, 11) is 1.67. The maximum Gasteiger partial charge on any atom is 0.258 e. The number of aromatic amines is 1. The molecule has 0 saturated heterocycles. The highest BCUT2D eigenvalue weighted by Gasteiger charge is 2.18. The highest BCUT2D eigenvalue weighted by molar-refractivity contribution is 5.88. The third-order valence-corrected chi connectivity index (χ3v) is 5.17. The number of methoxy groups -OCH3 is 1. The second-order valence-electron chi connectivity index (χ2n) is 7.15. The molecule has 2 N–H and O–H groups in total. The van der Waals surface area contributed by atoms with E-state index >= 15 is 0 Å². The molecule has 0 spiro atoms. The molecule has 0 aliphatic heterocycles. The Balaban J connectivity index is 1.95. The van der Waals surface area contributed by atoms with E-state index in [0.29, 0.717) is 24.4 Å². The molecule has 4 aromatic rings. The molecule has 0 saturated carbocycles. The van der Waals surface area contributed by atoms with Gasteiger partial charge in [0.2, 0.25) is 0 Å². The van der Waals surface area contributed by atoms with Crippen LogP contribution in [0.4, 0.5) is 5.82 Å². The van der Waals surface area contributed by atoms with Gasteiger partial charge in [0.05, 0.1) is 17.7 Å². The van der Waals surface area contributed by atoms with Crippen LogP contribution in [-0.2, 0) is 4.74 Å². The van der Waals surface area contributed by atoms with Gasteiger partial charge in [0.15, 0.2) is 0 Å². The van der Waals surface area contributed by atoms with Crippen LogP contribution in [0, 0.1) is 20.8 Å². The van der Waals surface area contributed by atoms with Crippen LogP contribution in [0.25, 0.3) is 27.8 Å². The van der Waals surface area contributed by atoms with Gasteiger partial charge in [-0.05, 0) is 55.0 Å². The lowest BCUT2D eigenvalue weighted by Crippen LogP contribution is -2.13. The molecule has 6 nitrogen and oxygen atoms in total. The largest absolute Gasteiger partial charge is 0.383 e. The second-order valence-corrected chi connectivity index (χ2v) is 7.15. The topological polar surface area (TPSA) is 71.4 Å². The van der Waals surface area contributed by atoms with Crippen molar-refractivity contribution in [2.75, 3.05) is 25.6 Å². The number of hydrogen-bond donors (Lipinski definition) is 2. The molecule has 28 heavy (non-hydrogen) atoms. The van der Waals surface area contributed by atoms with Crippen molar-refractivity contribution in [3.63, 3.8) is 0 Å². The van der Waals surface area contributed by atoms with Crippen LogP contribution in [0.3, 0.4) is 0 Å². The molecule has 0 amide bonds. The van der Waals surface area contributed by atoms with E-state index in [2.05, 4.69) is 16.4 Å². The van der Waals surface area contributed by atoms with Crippen molar-refractivity contribution < 1.29 is 4.74 Å². The molecule has 3 heterocycles. The molecule has 0 fully saturated rings. The lowest BCUT2D eigenvalue weighted by atomic mass is 10.0. The zero-order valence-electron chi connectivity index (χ0n) is 16.6. The first-order valence-electron chi connectivity index (χ1n) is 9.34. The fraction of sp³-hybridized carbons (Fsp3) is 0.273. The van der Waals surface area contributed by atoms with Crippen LogP contribution < -0.4 is 10.9 Å². The number of imidazole rings is 1. The second kappa shape index (κ2) is 7.13. The number of benzene rings is 1. The lowest BCUT2D eigenvalue weighted by Gasteiger charge is -2.10. The molecule has 6 heteroatoms. The Hall–Kier alpha value is -3.12. The Morgan fingerprint density at radius 1 is 1.18 bits per heavy atom. The van der Waals surface area contributed by atoms with Crippen LogP contribution >= 0.6 is 0 Å². The van der Waals surface area contributed by atoms with E-state index in [9.17, 15) is 4.79 Å². The summed E-state index contributed by atoms with van der Waals surface area (Å²) in [6.07, 6.45) is 2.02. The van der Waals surface area contributed by atoms with Gasteiger partial charge in [-0.2, -0.15) is 0 Å². The average Bonchev–Trinajstić information content (AvgIpc) is 3.03. The van der Waals surface area contributed by atoms with Crippen molar-refractivity contribution in [3.05, 3.63) is 63.6 Å². The van der Waals surface area contributed by atoms with Crippen molar-refractivity contribution in [2.24, 2.45) is 0 Å². The van der Waals surface area contributed by atoms with E-state index in [4.69, 9.17) is 9.72 Å². The van der Waals surface area contributed by atoms with E-state index in [1.807, 2.05) is 55.6 Å². The zero-order valence-corrected chi connectivity index (χ0v) is 16.6. The van der Waals surface area contributed by atoms with Gasteiger partial charge in [0, 0.05) is 19.9 Å². The molecule has 0 unspecified atom stereocenters. The number of aryl methyl sites for hydroxylation is 3. The normalized spacial score (nSPS) is 11.4. The minimum atomic E-state index is -0.142. The smallest absolute Gasteiger partial charge is 0.258 e. The van der Waals surface area contributed by atoms with Crippen LogP contribution in [0.2, 0.25) is 0 Å². The average molecular weight is 376 g/mol. The van der Waals surface area contributed by atoms with E-state index in [-0.39, 0.29) is 5.56 Å². The first kappa shape index (κ1) is 18.3. The summed E-state index contributed by atoms with van der Waals surface area (Å²) < 4.78 is 7.16. The highest BCUT2D eigenvalue weighted by atomic mass is 16.5. The quantitative estimate of drug-likeness (QED) is 0.519. The number of aromatic nitrogens is 3. The van der Waals surface area contributed by atoms with Gasteiger partial charge in [0.1, 0.15) is 17.2 Å². The number of hydrogen-bond acceptors (Lipinski definition) is 4. The van der Waals surface area contributed by atoms with Gasteiger partial charge in [0.25, 0.3) is 5.56 Å². The molecule has 0 aliphatic carbocycles. The summed E-state index contributed by atoms with van der Waals surface area (Å²) in [6.45, 7) is 7.29. The molecule has 0 bridgehead atoms. The third-order valence-electron chi connectivity index (χ3n) is 5.17. The number of anilines is 1. The Kier molecular flexibility index (Phi) is 4.65. The van der Waals surface area contributed by atoms with Crippen molar-refractivity contribution in [1.82, 2.24) is 14.4 Å². The number of H-pyrrole nitrogens is 1. The van der Waals surface area contributed by atoms with Gasteiger partial charge in [-0.3, -0.25) is 9.20 Å². The molecule has 0 aliphatic rings. The number of nitrogens with one attached hydrogen (secondary N) is 2. The maximum atomic E-state index is 13.0. The molecule has 4 rings (SSSR count). The number of fused-ring (bicyclic) bond motifs is 2. The van der Waals surface area contributed by atoms with Crippen molar-refractivity contribution in [2.45, 2.75) is 20.8 Å². The van der Waals surface area contributed by atoms with E-state index < -0.39 is 0 Å². The van der Waals surface area contributed by atoms with Gasteiger partial charge in [-0.15, -0.1) is 0 Å². The summed E-state index contributed by atoms with van der Waals surface area (Å²) >= 11 is 0. The summed E-state index contributed by atoms with van der Waals surface area (Å²) in [6, 6.07) is 10.0. The summed E-state index contributed by atoms with van der Waals surface area (Å²) in [4.78, 5) is 20.8. The highest BCUT2D eigenvalue weighted by Crippen LogP contribution is 2.29. The Labute approximate surface area is 163 Å². The first-order chi connectivity index (χ1) is 13.5. The van der Waals surface area contributed by atoms with Crippen LogP contribution in [0.1, 0.15) is 16.7 Å². The minimum absolute atomic E-state index is 0.142. The first-order valence-corrected chi connectivity index (χ1v) is 9.34. The van der Waals surface area contributed by atoms with E-state index in [0.717, 1.165) is 39.1 Å². The Bertz CT molecular complexity index is 1240. The van der Waals surface area contributed by atoms with E-state index in [1.54, 1.807) is 7.11 Å². The van der Waals surface area contributed by atoms with Crippen molar-refractivity contribution >= 4 is 22.4 Å². The molecule has 144 valence electrons. The summed E-state index contributed by atoms with van der Waals surface area (Å²) in [5.74, 6) is 0.796. The van der Waals surface area contributed by atoms with Gasteiger partial charge < -0.3 is 15.0 Å². The Morgan fingerprint density at radius 3 is 2.79 bits per heavy atom. The fourth-order valence-electron chi connectivity index (χ4n) is 3.48. The molecular weight excluding hydrogens is 352 g/mol. The SMILES string of the molecule is COCCNc1c(-c2cc3ccc(C)c(C)c3[nH]c2=O)nc2ccc(C)cn12. The molecule has 1 aromatic carbocycles. The van der Waals surface area contributed by atoms with Crippen molar-refractivity contribution in [3.8, 4) is 11.3 Å². The van der Waals surface area contributed by atoms with Crippen LogP contribution in [0.15, 0.2) is 41.3 Å². The summed E-state index contributed by atoms with van der Waals surface area (Å²) in [5, 5.41) is 4.38. The molecular formula is C22H24N4O2. The van der Waals surface area contributed by atoms with Gasteiger partial charge in [-0.1, -0.05) is 18.2 Å². The van der Waals surface area contributed by atoms with Gasteiger partial charge >= 0.3 is 0 Å². The number of ether oxygens (including phenoxy) is 1. The van der Waals surface area contributed by atoms with Crippen LogP contribution in [0.5, 0.6) is 0 Å². The summed E-state index contributed by atoms with van der Waals surface area (Å²) in [5.41, 5.74) is 6.08. The number of nitrogens with zero attached hydrogens (tertiary/aromatic N) is 2. The van der Waals surface area contributed by atoms with Gasteiger partial charge in [-0.25, -0.2) is 4.98 Å². The van der Waals surface area contributed by atoms with Crippen molar-refractivity contribution in [1.29, 1.82) is 0 Å². The van der Waals surface area contributed by atoms with E-state index in [1.165, 1.54) is 0 Å². The predicted octanol–water partition coefficient (Wildman–Crippen LogP) is 3.83. The number of rotatable bonds is 5. The zero-order chi connectivity index (χ0) is 19.8. The molecule has 0 radical (unpaired) electrons. The molecule has 3 aromatic heterocycles. The standard InChI is InChI=1S/C22H24N4O2/c1-13-5-8-18-24-20(21(26(18)12-13)23-9-10-28-4)17-11-16-7-6-14(2)15(3)19(16)25-22(17)27/h5-8,11-12,23H,9-10H2,1-4H3,(H,25,27). The minimum Gasteiger partial charge on any atom is -0.383 e. The third kappa shape index (κ3) is 3.05. The fourth-order valence-corrected chi connectivity index (χ4v) is 3.48. The van der Waals surface area contributed by atoms with Crippen LogP contribution in [-0.4, -0.2) is 34.6 Å².